The first-order chi connectivity index (χ1) is 10.4. The Morgan fingerprint density at radius 2 is 1.90 bits per heavy atom. The minimum atomic E-state index is 0.653. The third-order valence-electron chi connectivity index (χ3n) is 3.82. The maximum absolute atomic E-state index is 8.77. The summed E-state index contributed by atoms with van der Waals surface area (Å²) < 4.78 is 5.77. The van der Waals surface area contributed by atoms with Crippen molar-refractivity contribution in [2.45, 2.75) is 12.8 Å². The fourth-order valence-electron chi connectivity index (χ4n) is 2.74. The fraction of sp³-hybridized carbons (Fsp3) is 0.278. The van der Waals surface area contributed by atoms with Crippen LogP contribution in [0.4, 0.5) is 5.69 Å². The number of hydrogen-bond donors (Lipinski definition) is 0. The Hall–Kier alpha value is -2.47. The molecule has 1 heterocycles. The number of ether oxygens (including phenoxy) is 1. The summed E-state index contributed by atoms with van der Waals surface area (Å²) in [5, 5.41) is 8.77. The Kier molecular flexibility index (Phi) is 4.07. The van der Waals surface area contributed by atoms with Crippen LogP contribution >= 0.6 is 0 Å². The largest absolute Gasteiger partial charge is 0.492 e. The van der Waals surface area contributed by atoms with Crippen LogP contribution in [0.3, 0.4) is 0 Å². The Balaban J connectivity index is 1.57. The SMILES string of the molecule is N#Cc1ccc(OCCN2CCCc3ccccc32)cc1. The molecule has 0 atom stereocenters. The molecule has 21 heavy (non-hydrogen) atoms. The molecular formula is C18H18N2O. The van der Waals surface area contributed by atoms with Gasteiger partial charge in [0, 0.05) is 12.2 Å². The van der Waals surface area contributed by atoms with Crippen LogP contribution in [0.2, 0.25) is 0 Å². The Bertz CT molecular complexity index is 643. The highest BCUT2D eigenvalue weighted by Crippen LogP contribution is 2.26. The average molecular weight is 278 g/mol. The zero-order valence-corrected chi connectivity index (χ0v) is 12.0. The minimum absolute atomic E-state index is 0.653. The lowest BCUT2D eigenvalue weighted by atomic mass is 10.0. The molecule has 0 bridgehead atoms. The molecule has 0 saturated carbocycles. The number of fused-ring (bicyclic) bond motifs is 1. The quantitative estimate of drug-likeness (QED) is 0.860. The third kappa shape index (κ3) is 3.17. The van der Waals surface area contributed by atoms with E-state index in [1.807, 2.05) is 12.1 Å². The van der Waals surface area contributed by atoms with Crippen molar-refractivity contribution < 1.29 is 4.74 Å². The fourth-order valence-corrected chi connectivity index (χ4v) is 2.74. The second-order valence-electron chi connectivity index (χ2n) is 5.20. The first kappa shape index (κ1) is 13.5. The number of nitriles is 1. The molecule has 3 heteroatoms. The second kappa shape index (κ2) is 6.32. The summed E-state index contributed by atoms with van der Waals surface area (Å²) in [5.74, 6) is 0.819. The van der Waals surface area contributed by atoms with E-state index in [-0.39, 0.29) is 0 Å². The number of benzene rings is 2. The zero-order valence-electron chi connectivity index (χ0n) is 12.0. The lowest BCUT2D eigenvalue weighted by molar-refractivity contribution is 0.322. The van der Waals surface area contributed by atoms with E-state index in [0.29, 0.717) is 12.2 Å². The minimum Gasteiger partial charge on any atom is -0.492 e. The lowest BCUT2D eigenvalue weighted by Crippen LogP contribution is -2.33. The van der Waals surface area contributed by atoms with Crippen molar-refractivity contribution in [1.82, 2.24) is 0 Å². The van der Waals surface area contributed by atoms with Crippen LogP contribution in [0.25, 0.3) is 0 Å². The van der Waals surface area contributed by atoms with Gasteiger partial charge in [-0.1, -0.05) is 18.2 Å². The van der Waals surface area contributed by atoms with Gasteiger partial charge in [0.15, 0.2) is 0 Å². The number of aryl methyl sites for hydroxylation is 1. The van der Waals surface area contributed by atoms with Gasteiger partial charge in [-0.15, -0.1) is 0 Å². The van der Waals surface area contributed by atoms with Crippen molar-refractivity contribution in [2.24, 2.45) is 0 Å². The molecule has 0 aromatic heterocycles. The van der Waals surface area contributed by atoms with Gasteiger partial charge < -0.3 is 9.64 Å². The Labute approximate surface area is 125 Å². The summed E-state index contributed by atoms with van der Waals surface area (Å²) in [6.45, 7) is 2.63. The molecule has 0 aliphatic carbocycles. The first-order valence-corrected chi connectivity index (χ1v) is 7.32. The van der Waals surface area contributed by atoms with Gasteiger partial charge in [-0.25, -0.2) is 0 Å². The summed E-state index contributed by atoms with van der Waals surface area (Å²) in [5.41, 5.74) is 3.43. The number of para-hydroxylation sites is 1. The van der Waals surface area contributed by atoms with Crippen molar-refractivity contribution in [3.05, 3.63) is 59.7 Å². The summed E-state index contributed by atoms with van der Waals surface area (Å²) in [7, 11) is 0. The molecule has 0 N–H and O–H groups in total. The van der Waals surface area contributed by atoms with Crippen LogP contribution < -0.4 is 9.64 Å². The van der Waals surface area contributed by atoms with Crippen LogP contribution in [0, 0.1) is 11.3 Å². The molecule has 0 spiro atoms. The van der Waals surface area contributed by atoms with Crippen LogP contribution in [0.1, 0.15) is 17.5 Å². The lowest BCUT2D eigenvalue weighted by Gasteiger charge is -2.31. The van der Waals surface area contributed by atoms with Gasteiger partial charge in [0.25, 0.3) is 0 Å². The van der Waals surface area contributed by atoms with Crippen LogP contribution in [-0.2, 0) is 6.42 Å². The molecule has 3 rings (SSSR count). The molecule has 0 unspecified atom stereocenters. The van der Waals surface area contributed by atoms with Gasteiger partial charge in [0.1, 0.15) is 12.4 Å². The van der Waals surface area contributed by atoms with E-state index >= 15 is 0 Å². The molecular weight excluding hydrogens is 260 g/mol. The van der Waals surface area contributed by atoms with Crippen molar-refractivity contribution in [2.75, 3.05) is 24.6 Å². The monoisotopic (exact) mass is 278 g/mol. The normalized spacial score (nSPS) is 13.4. The van der Waals surface area contributed by atoms with Gasteiger partial charge >= 0.3 is 0 Å². The predicted octanol–water partition coefficient (Wildman–Crippen LogP) is 3.39. The number of hydrogen-bond acceptors (Lipinski definition) is 3. The van der Waals surface area contributed by atoms with E-state index in [4.69, 9.17) is 10.00 Å². The van der Waals surface area contributed by atoms with Gasteiger partial charge in [-0.2, -0.15) is 5.26 Å². The topological polar surface area (TPSA) is 36.3 Å². The molecule has 0 fully saturated rings. The zero-order chi connectivity index (χ0) is 14.5. The van der Waals surface area contributed by atoms with E-state index < -0.39 is 0 Å². The van der Waals surface area contributed by atoms with E-state index in [1.54, 1.807) is 12.1 Å². The highest BCUT2D eigenvalue weighted by atomic mass is 16.5. The third-order valence-corrected chi connectivity index (χ3v) is 3.82. The summed E-state index contributed by atoms with van der Waals surface area (Å²) in [4.78, 5) is 2.39. The maximum atomic E-state index is 8.77. The van der Waals surface area contributed by atoms with E-state index in [0.717, 1.165) is 18.8 Å². The summed E-state index contributed by atoms with van der Waals surface area (Å²) in [6.07, 6.45) is 2.37. The highest BCUT2D eigenvalue weighted by Gasteiger charge is 2.15. The second-order valence-corrected chi connectivity index (χ2v) is 5.20. The molecule has 3 nitrogen and oxygen atoms in total. The Morgan fingerprint density at radius 3 is 2.71 bits per heavy atom. The molecule has 0 amide bonds. The summed E-state index contributed by atoms with van der Waals surface area (Å²) >= 11 is 0. The van der Waals surface area contributed by atoms with Crippen molar-refractivity contribution in [1.29, 1.82) is 5.26 Å². The van der Waals surface area contributed by atoms with Gasteiger partial charge in [-0.05, 0) is 48.7 Å². The predicted molar refractivity (Wildman–Crippen MR) is 83.6 cm³/mol. The van der Waals surface area contributed by atoms with Crippen LogP contribution in [0.15, 0.2) is 48.5 Å². The standard InChI is InChI=1S/C18H18N2O/c19-14-15-7-9-17(10-8-15)21-13-12-20-11-3-5-16-4-1-2-6-18(16)20/h1-2,4,6-10H,3,5,11-13H2. The molecule has 2 aromatic carbocycles. The molecule has 1 aliphatic heterocycles. The summed E-state index contributed by atoms with van der Waals surface area (Å²) in [6, 6.07) is 18.0. The first-order valence-electron chi connectivity index (χ1n) is 7.32. The van der Waals surface area contributed by atoms with Gasteiger partial charge in [0.05, 0.1) is 18.2 Å². The smallest absolute Gasteiger partial charge is 0.119 e. The van der Waals surface area contributed by atoms with Crippen molar-refractivity contribution in [3.8, 4) is 11.8 Å². The Morgan fingerprint density at radius 1 is 1.10 bits per heavy atom. The van der Waals surface area contributed by atoms with Crippen LogP contribution in [0.5, 0.6) is 5.75 Å². The van der Waals surface area contributed by atoms with Crippen LogP contribution in [-0.4, -0.2) is 19.7 Å². The molecule has 0 saturated heterocycles. The molecule has 0 radical (unpaired) electrons. The maximum Gasteiger partial charge on any atom is 0.119 e. The van der Waals surface area contributed by atoms with Crippen molar-refractivity contribution in [3.63, 3.8) is 0 Å². The van der Waals surface area contributed by atoms with E-state index in [9.17, 15) is 0 Å². The van der Waals surface area contributed by atoms with Gasteiger partial charge in [-0.3, -0.25) is 0 Å². The number of nitrogens with zero attached hydrogens (tertiary/aromatic N) is 2. The molecule has 2 aromatic rings. The average Bonchev–Trinajstić information content (AvgIpc) is 2.56. The van der Waals surface area contributed by atoms with E-state index in [2.05, 4.69) is 35.2 Å². The molecule has 1 aliphatic rings. The van der Waals surface area contributed by atoms with Gasteiger partial charge in [0.2, 0.25) is 0 Å². The highest BCUT2D eigenvalue weighted by molar-refractivity contribution is 5.55. The van der Waals surface area contributed by atoms with Crippen molar-refractivity contribution >= 4 is 5.69 Å². The molecule has 106 valence electrons. The number of anilines is 1. The van der Waals surface area contributed by atoms with E-state index in [1.165, 1.54) is 24.1 Å². The number of rotatable bonds is 4.